The van der Waals surface area contributed by atoms with E-state index in [1.807, 2.05) is 0 Å². The smallest absolute Gasteiger partial charge is 0.350 e. The lowest BCUT2D eigenvalue weighted by molar-refractivity contribution is -0.128. The van der Waals surface area contributed by atoms with Gasteiger partial charge >= 0.3 is 17.9 Å². The molecule has 0 saturated carbocycles. The number of cyclic esters (lactones) is 2. The van der Waals surface area contributed by atoms with Crippen molar-refractivity contribution in [1.82, 2.24) is 0 Å². The van der Waals surface area contributed by atoms with E-state index in [0.717, 1.165) is 6.08 Å². The highest BCUT2D eigenvalue weighted by molar-refractivity contribution is 6.16. The molecule has 0 amide bonds. The Bertz CT molecular complexity index is 515. The topological polar surface area (TPSA) is 69.7 Å². The van der Waals surface area contributed by atoms with Crippen molar-refractivity contribution in [3.63, 3.8) is 0 Å². The number of benzene rings is 1. The molecule has 0 saturated heterocycles. The van der Waals surface area contributed by atoms with Crippen molar-refractivity contribution >= 4 is 17.9 Å². The maximum absolute atomic E-state index is 11.3. The van der Waals surface area contributed by atoms with E-state index in [4.69, 9.17) is 4.74 Å². The Labute approximate surface area is 90.3 Å². The van der Waals surface area contributed by atoms with E-state index < -0.39 is 17.9 Å². The zero-order valence-electron chi connectivity index (χ0n) is 8.06. The van der Waals surface area contributed by atoms with Gasteiger partial charge in [-0.25, -0.2) is 14.4 Å². The first kappa shape index (κ1) is 10.1. The average Bonchev–Trinajstić information content (AvgIpc) is 2.56. The number of esters is 3. The minimum atomic E-state index is -0.813. The largest absolute Gasteiger partial charge is 0.422 e. The van der Waals surface area contributed by atoms with Gasteiger partial charge in [0.1, 0.15) is 11.3 Å². The summed E-state index contributed by atoms with van der Waals surface area (Å²) in [5, 5.41) is 0. The van der Waals surface area contributed by atoms with Gasteiger partial charge in [-0.05, 0) is 12.1 Å². The first-order valence-corrected chi connectivity index (χ1v) is 4.37. The Kier molecular flexibility index (Phi) is 2.28. The molecule has 0 spiro atoms. The van der Waals surface area contributed by atoms with E-state index in [0.29, 0.717) is 0 Å². The van der Waals surface area contributed by atoms with Crippen molar-refractivity contribution in [1.29, 1.82) is 0 Å². The van der Waals surface area contributed by atoms with Crippen molar-refractivity contribution in [3.05, 3.63) is 42.0 Å². The van der Waals surface area contributed by atoms with E-state index in [1.165, 1.54) is 18.2 Å². The lowest BCUT2D eigenvalue weighted by Crippen LogP contribution is -2.07. The van der Waals surface area contributed by atoms with Crippen LogP contribution in [0.1, 0.15) is 20.7 Å². The van der Waals surface area contributed by atoms with Crippen LogP contribution in [0.2, 0.25) is 0 Å². The predicted octanol–water partition coefficient (Wildman–Crippen LogP) is 1.09. The van der Waals surface area contributed by atoms with E-state index in [-0.39, 0.29) is 16.9 Å². The Balaban J connectivity index is 2.49. The molecule has 0 unspecified atom stereocenters. The molecule has 5 heteroatoms. The summed E-state index contributed by atoms with van der Waals surface area (Å²) in [6.07, 6.45) is 0.960. The maximum Gasteiger partial charge on any atom is 0.350 e. The molecule has 80 valence electrons. The molecule has 0 radical (unpaired) electrons. The van der Waals surface area contributed by atoms with Crippen LogP contribution in [-0.2, 0) is 9.53 Å². The summed E-state index contributed by atoms with van der Waals surface area (Å²) in [7, 11) is 0. The SMILES string of the molecule is C=CC(=O)Oc1cccc2c1C(=O)OC2=O. The molecule has 0 aliphatic carbocycles. The van der Waals surface area contributed by atoms with Crippen molar-refractivity contribution in [2.75, 3.05) is 0 Å². The first-order valence-electron chi connectivity index (χ1n) is 4.37. The van der Waals surface area contributed by atoms with Crippen LogP contribution in [-0.4, -0.2) is 17.9 Å². The molecule has 5 nitrogen and oxygen atoms in total. The van der Waals surface area contributed by atoms with Gasteiger partial charge < -0.3 is 9.47 Å². The van der Waals surface area contributed by atoms with Crippen molar-refractivity contribution in [3.8, 4) is 5.75 Å². The van der Waals surface area contributed by atoms with Crippen LogP contribution in [0.5, 0.6) is 5.75 Å². The molecule has 0 atom stereocenters. The normalized spacial score (nSPS) is 13.0. The van der Waals surface area contributed by atoms with Gasteiger partial charge in [-0.3, -0.25) is 0 Å². The Morgan fingerprint density at radius 2 is 2.06 bits per heavy atom. The van der Waals surface area contributed by atoms with Crippen LogP contribution in [0.4, 0.5) is 0 Å². The molecular weight excluding hydrogens is 212 g/mol. The number of fused-ring (bicyclic) bond motifs is 1. The van der Waals surface area contributed by atoms with Crippen LogP contribution in [0.3, 0.4) is 0 Å². The molecule has 1 heterocycles. The minimum Gasteiger partial charge on any atom is -0.422 e. The van der Waals surface area contributed by atoms with E-state index in [1.54, 1.807) is 0 Å². The highest BCUT2D eigenvalue weighted by Gasteiger charge is 2.33. The molecule has 16 heavy (non-hydrogen) atoms. The number of carbonyl (C=O) groups is 3. The zero-order chi connectivity index (χ0) is 11.7. The van der Waals surface area contributed by atoms with Crippen LogP contribution in [0, 0.1) is 0 Å². The van der Waals surface area contributed by atoms with E-state index >= 15 is 0 Å². The number of ether oxygens (including phenoxy) is 2. The Morgan fingerprint density at radius 3 is 2.75 bits per heavy atom. The average molecular weight is 218 g/mol. The molecule has 1 aromatic carbocycles. The van der Waals surface area contributed by atoms with Crippen LogP contribution in [0.15, 0.2) is 30.9 Å². The summed E-state index contributed by atoms with van der Waals surface area (Å²) < 4.78 is 9.21. The molecule has 0 N–H and O–H groups in total. The summed E-state index contributed by atoms with van der Waals surface area (Å²) in [6, 6.07) is 4.32. The Morgan fingerprint density at radius 1 is 1.31 bits per heavy atom. The van der Waals surface area contributed by atoms with Crippen molar-refractivity contribution < 1.29 is 23.9 Å². The molecule has 0 aromatic heterocycles. The third kappa shape index (κ3) is 1.48. The van der Waals surface area contributed by atoms with Crippen molar-refractivity contribution in [2.45, 2.75) is 0 Å². The first-order chi connectivity index (χ1) is 7.63. The molecular formula is C11H6O5. The van der Waals surface area contributed by atoms with Gasteiger partial charge in [0.2, 0.25) is 0 Å². The van der Waals surface area contributed by atoms with E-state index in [9.17, 15) is 14.4 Å². The van der Waals surface area contributed by atoms with Crippen molar-refractivity contribution in [2.24, 2.45) is 0 Å². The summed E-state index contributed by atoms with van der Waals surface area (Å²) in [4.78, 5) is 33.5. The van der Waals surface area contributed by atoms with Gasteiger partial charge in [0.05, 0.1) is 5.56 Å². The Hall–Kier alpha value is -2.43. The van der Waals surface area contributed by atoms with Gasteiger partial charge in [0.15, 0.2) is 0 Å². The van der Waals surface area contributed by atoms with Gasteiger partial charge in [0.25, 0.3) is 0 Å². The maximum atomic E-state index is 11.3. The minimum absolute atomic E-state index is 0.00162. The number of hydrogen-bond acceptors (Lipinski definition) is 5. The van der Waals surface area contributed by atoms with Gasteiger partial charge in [-0.2, -0.15) is 0 Å². The second-order valence-electron chi connectivity index (χ2n) is 2.98. The number of rotatable bonds is 2. The van der Waals surface area contributed by atoms with E-state index in [2.05, 4.69) is 11.3 Å². The fourth-order valence-electron chi connectivity index (χ4n) is 1.34. The third-order valence-corrected chi connectivity index (χ3v) is 2.01. The highest BCUT2D eigenvalue weighted by atomic mass is 16.6. The lowest BCUT2D eigenvalue weighted by Gasteiger charge is -2.03. The van der Waals surface area contributed by atoms with Crippen LogP contribution < -0.4 is 4.74 Å². The van der Waals surface area contributed by atoms with Gasteiger partial charge in [0, 0.05) is 6.08 Å². The second-order valence-corrected chi connectivity index (χ2v) is 2.98. The summed E-state index contributed by atoms with van der Waals surface area (Å²) in [6.45, 7) is 3.23. The monoisotopic (exact) mass is 218 g/mol. The fraction of sp³-hybridized carbons (Fsp3) is 0. The van der Waals surface area contributed by atoms with Crippen LogP contribution in [0.25, 0.3) is 0 Å². The zero-order valence-corrected chi connectivity index (χ0v) is 8.06. The molecule has 0 fully saturated rings. The third-order valence-electron chi connectivity index (χ3n) is 2.01. The highest BCUT2D eigenvalue weighted by Crippen LogP contribution is 2.29. The molecule has 1 aliphatic heterocycles. The lowest BCUT2D eigenvalue weighted by atomic mass is 10.1. The second kappa shape index (κ2) is 3.62. The summed E-state index contributed by atoms with van der Waals surface area (Å²) in [5.41, 5.74) is 0.0714. The standard InChI is InChI=1S/C11H6O5/c1-2-8(12)15-7-5-3-4-6-9(7)11(14)16-10(6)13/h2-5H,1H2. The quantitative estimate of drug-likeness (QED) is 0.321. The fourth-order valence-corrected chi connectivity index (χ4v) is 1.34. The molecule has 1 aliphatic rings. The molecule has 2 rings (SSSR count). The molecule has 0 bridgehead atoms. The molecule has 1 aromatic rings. The number of carbonyl (C=O) groups excluding carboxylic acids is 3. The van der Waals surface area contributed by atoms with Gasteiger partial charge in [-0.15, -0.1) is 0 Å². The van der Waals surface area contributed by atoms with Gasteiger partial charge in [-0.1, -0.05) is 12.6 Å². The number of hydrogen-bond donors (Lipinski definition) is 0. The predicted molar refractivity (Wildman–Crippen MR) is 52.0 cm³/mol. The summed E-state index contributed by atoms with van der Waals surface area (Å²) >= 11 is 0. The van der Waals surface area contributed by atoms with Crippen LogP contribution >= 0.6 is 0 Å². The summed E-state index contributed by atoms with van der Waals surface area (Å²) in [5.74, 6) is -2.26.